The van der Waals surface area contributed by atoms with Gasteiger partial charge in [-0.05, 0) is 24.6 Å². The van der Waals surface area contributed by atoms with E-state index in [1.54, 1.807) is 0 Å². The molecule has 4 nitrogen and oxygen atoms in total. The fourth-order valence-corrected chi connectivity index (χ4v) is 4.14. The number of aryl methyl sites for hydroxylation is 1. The second kappa shape index (κ2) is 6.86. The Morgan fingerprint density at radius 3 is 2.00 bits per heavy atom. The first-order valence-electron chi connectivity index (χ1n) is 9.77. The van der Waals surface area contributed by atoms with E-state index in [4.69, 9.17) is 4.98 Å². The Morgan fingerprint density at radius 2 is 1.46 bits per heavy atom. The number of imidazole rings is 1. The Labute approximate surface area is 167 Å². The minimum Gasteiger partial charge on any atom is -0.320 e. The van der Waals surface area contributed by atoms with Gasteiger partial charge in [0.15, 0.2) is 0 Å². The van der Waals surface area contributed by atoms with Gasteiger partial charge in [0.2, 0.25) is 5.95 Å². The van der Waals surface area contributed by atoms with Crippen molar-refractivity contribution in [2.45, 2.75) is 33.9 Å². The lowest BCUT2D eigenvalue weighted by Crippen LogP contribution is -2.50. The molecule has 0 aliphatic carbocycles. The van der Waals surface area contributed by atoms with Crippen molar-refractivity contribution in [3.63, 3.8) is 0 Å². The Kier molecular flexibility index (Phi) is 4.50. The molecule has 3 aromatic rings. The largest absolute Gasteiger partial charge is 0.320 e. The van der Waals surface area contributed by atoms with E-state index < -0.39 is 0 Å². The third-order valence-electron chi connectivity index (χ3n) is 5.30. The van der Waals surface area contributed by atoms with Crippen LogP contribution in [0.1, 0.15) is 33.3 Å². The second-order valence-corrected chi connectivity index (χ2v) is 8.45. The van der Waals surface area contributed by atoms with E-state index in [2.05, 4.69) is 110 Å². The molecule has 1 aromatic heterocycles. The normalized spacial score (nSPS) is 17.5. The van der Waals surface area contributed by atoms with Gasteiger partial charge in [-0.2, -0.15) is 0 Å². The van der Waals surface area contributed by atoms with Crippen molar-refractivity contribution in [3.8, 4) is 0 Å². The number of hydrogen-bond acceptors (Lipinski definition) is 3. The third kappa shape index (κ3) is 2.99. The summed E-state index contributed by atoms with van der Waals surface area (Å²) < 4.78 is 2.10. The number of hydrogen-bond donors (Lipinski definition) is 0. The van der Waals surface area contributed by atoms with Gasteiger partial charge >= 0.3 is 0 Å². The van der Waals surface area contributed by atoms with Crippen LogP contribution in [0.15, 0.2) is 78.8 Å². The highest BCUT2D eigenvalue weighted by molar-refractivity contribution is 5.88. The number of rotatable bonds is 3. The zero-order chi connectivity index (χ0) is 19.9. The van der Waals surface area contributed by atoms with E-state index >= 15 is 0 Å². The number of nitrogens with zero attached hydrogens (tertiary/aromatic N) is 4. The van der Waals surface area contributed by atoms with E-state index in [1.807, 2.05) is 12.4 Å². The highest BCUT2D eigenvalue weighted by Gasteiger charge is 2.46. The Hall–Kier alpha value is -3.01. The minimum absolute atomic E-state index is 0.0143. The molecule has 1 aliphatic heterocycles. The molecule has 1 atom stereocenters. The lowest BCUT2D eigenvalue weighted by Gasteiger charge is -2.42. The molecule has 0 spiro atoms. The smallest absolute Gasteiger partial charge is 0.211 e. The van der Waals surface area contributed by atoms with Gasteiger partial charge < -0.3 is 9.47 Å². The van der Waals surface area contributed by atoms with Crippen molar-refractivity contribution in [2.24, 2.45) is 12.5 Å². The predicted octanol–water partition coefficient (Wildman–Crippen LogP) is 5.51. The van der Waals surface area contributed by atoms with Crippen molar-refractivity contribution >= 4 is 17.3 Å². The average molecular weight is 373 g/mol. The average Bonchev–Trinajstić information content (AvgIpc) is 3.23. The first-order chi connectivity index (χ1) is 13.4. The molecule has 144 valence electrons. The maximum Gasteiger partial charge on any atom is 0.211 e. The summed E-state index contributed by atoms with van der Waals surface area (Å²) in [5.41, 5.74) is 4.84. The highest BCUT2D eigenvalue weighted by Crippen LogP contribution is 2.46. The van der Waals surface area contributed by atoms with Crippen LogP contribution in [0.25, 0.3) is 5.70 Å². The summed E-state index contributed by atoms with van der Waals surface area (Å²) in [6, 6.07) is 21.3. The molecular formula is C24H28N4. The van der Waals surface area contributed by atoms with Gasteiger partial charge in [-0.25, -0.2) is 4.98 Å². The Morgan fingerprint density at radius 1 is 0.857 bits per heavy atom. The molecule has 4 rings (SSSR count). The summed E-state index contributed by atoms with van der Waals surface area (Å²) in [6.45, 7) is 9.10. The molecule has 2 heterocycles. The fourth-order valence-electron chi connectivity index (χ4n) is 4.14. The lowest BCUT2D eigenvalue weighted by atomic mass is 9.90. The summed E-state index contributed by atoms with van der Waals surface area (Å²) in [7, 11) is 2.06. The van der Waals surface area contributed by atoms with Crippen LogP contribution in [-0.2, 0) is 7.05 Å². The number of aromatic nitrogens is 2. The van der Waals surface area contributed by atoms with E-state index in [0.29, 0.717) is 0 Å². The standard InChI is InChI=1S/C24H28N4/c1-18-21(19-12-8-6-9-13-19)28(20-14-10-7-11-15-20)22(24(2,3)4)27(18)23-25-16-17-26(23)5/h6-17,22H,1-5H3. The Balaban J connectivity index is 1.99. The van der Waals surface area contributed by atoms with Gasteiger partial charge in [0, 0.05) is 36.2 Å². The molecule has 0 fully saturated rings. The van der Waals surface area contributed by atoms with Crippen molar-refractivity contribution < 1.29 is 0 Å². The molecule has 0 amide bonds. The number of benzene rings is 2. The summed E-state index contributed by atoms with van der Waals surface area (Å²) in [5, 5.41) is 0. The van der Waals surface area contributed by atoms with Gasteiger partial charge in [-0.1, -0.05) is 69.3 Å². The van der Waals surface area contributed by atoms with Gasteiger partial charge in [0.05, 0.1) is 5.70 Å². The van der Waals surface area contributed by atoms with Gasteiger partial charge in [-0.3, -0.25) is 4.90 Å². The molecule has 28 heavy (non-hydrogen) atoms. The zero-order valence-corrected chi connectivity index (χ0v) is 17.3. The van der Waals surface area contributed by atoms with Gasteiger partial charge in [-0.15, -0.1) is 0 Å². The quantitative estimate of drug-likeness (QED) is 0.606. The summed E-state index contributed by atoms with van der Waals surface area (Å²) >= 11 is 0. The lowest BCUT2D eigenvalue weighted by molar-refractivity contribution is 0.323. The number of allylic oxidation sites excluding steroid dienone is 1. The van der Waals surface area contributed by atoms with Crippen LogP contribution < -0.4 is 9.80 Å². The van der Waals surface area contributed by atoms with Crippen LogP contribution >= 0.6 is 0 Å². The van der Waals surface area contributed by atoms with Crippen molar-refractivity contribution in [1.29, 1.82) is 0 Å². The van der Waals surface area contributed by atoms with E-state index in [9.17, 15) is 0 Å². The van der Waals surface area contributed by atoms with Gasteiger partial charge in [0.1, 0.15) is 6.17 Å². The second-order valence-electron chi connectivity index (χ2n) is 8.45. The number of para-hydroxylation sites is 1. The molecule has 1 aliphatic rings. The van der Waals surface area contributed by atoms with Crippen molar-refractivity contribution in [1.82, 2.24) is 9.55 Å². The van der Waals surface area contributed by atoms with E-state index in [0.717, 1.165) is 5.95 Å². The molecule has 0 N–H and O–H groups in total. The highest BCUT2D eigenvalue weighted by atomic mass is 15.5. The molecular weight excluding hydrogens is 344 g/mol. The Bertz CT molecular complexity index is 980. The molecule has 1 unspecified atom stereocenters. The van der Waals surface area contributed by atoms with Crippen LogP contribution in [0.3, 0.4) is 0 Å². The number of anilines is 2. The summed E-state index contributed by atoms with van der Waals surface area (Å²) in [6.07, 6.45) is 3.98. The topological polar surface area (TPSA) is 24.3 Å². The van der Waals surface area contributed by atoms with Crippen molar-refractivity contribution in [3.05, 3.63) is 84.3 Å². The van der Waals surface area contributed by atoms with Crippen LogP contribution in [0.2, 0.25) is 0 Å². The maximum absolute atomic E-state index is 4.70. The van der Waals surface area contributed by atoms with Crippen LogP contribution in [-0.4, -0.2) is 15.7 Å². The van der Waals surface area contributed by atoms with Crippen LogP contribution in [0.4, 0.5) is 11.6 Å². The molecule has 0 saturated carbocycles. The first kappa shape index (κ1) is 18.4. The summed E-state index contributed by atoms with van der Waals surface area (Å²) in [5.74, 6) is 0.962. The minimum atomic E-state index is -0.0143. The predicted molar refractivity (Wildman–Crippen MR) is 117 cm³/mol. The van der Waals surface area contributed by atoms with Crippen LogP contribution in [0, 0.1) is 5.41 Å². The monoisotopic (exact) mass is 372 g/mol. The molecule has 4 heteroatoms. The third-order valence-corrected chi connectivity index (χ3v) is 5.30. The maximum atomic E-state index is 4.70. The SMILES string of the molecule is CC1=C(c2ccccc2)N(c2ccccc2)C(C(C)(C)C)N1c1nccn1C. The van der Waals surface area contributed by atoms with Gasteiger partial charge in [0.25, 0.3) is 0 Å². The fraction of sp³-hybridized carbons (Fsp3) is 0.292. The van der Waals surface area contributed by atoms with Crippen LogP contribution in [0.5, 0.6) is 0 Å². The molecule has 0 bridgehead atoms. The zero-order valence-electron chi connectivity index (χ0n) is 17.3. The molecule has 0 saturated heterocycles. The van der Waals surface area contributed by atoms with E-state index in [-0.39, 0.29) is 11.6 Å². The molecule has 0 radical (unpaired) electrons. The first-order valence-corrected chi connectivity index (χ1v) is 9.77. The molecule has 2 aromatic carbocycles. The summed E-state index contributed by atoms with van der Waals surface area (Å²) in [4.78, 5) is 9.55. The van der Waals surface area contributed by atoms with Crippen molar-refractivity contribution in [2.75, 3.05) is 9.80 Å². The van der Waals surface area contributed by atoms with E-state index in [1.165, 1.54) is 22.6 Å².